The summed E-state index contributed by atoms with van der Waals surface area (Å²) >= 11 is 0. The third-order valence-corrected chi connectivity index (χ3v) is 2.26. The highest BCUT2D eigenvalue weighted by molar-refractivity contribution is 5.66. The third-order valence-electron chi connectivity index (χ3n) is 2.26. The van der Waals surface area contributed by atoms with Crippen molar-refractivity contribution in [2.75, 3.05) is 18.3 Å². The Morgan fingerprint density at radius 1 is 1.17 bits per heavy atom. The maximum atomic E-state index is 5.80. The number of methoxy groups -OCH3 is 1. The van der Waals surface area contributed by atoms with Gasteiger partial charge < -0.3 is 20.6 Å². The van der Waals surface area contributed by atoms with E-state index >= 15 is 0 Å². The summed E-state index contributed by atoms with van der Waals surface area (Å²) in [7, 11) is 1.55. The minimum Gasteiger partial charge on any atom is -0.493 e. The number of ether oxygens (including phenoxy) is 2. The molecule has 94 valence electrons. The molecule has 1 aromatic heterocycles. The summed E-state index contributed by atoms with van der Waals surface area (Å²) in [4.78, 5) is 7.81. The molecule has 0 saturated carbocycles. The van der Waals surface area contributed by atoms with E-state index < -0.39 is 0 Å². The van der Waals surface area contributed by atoms with Crippen molar-refractivity contribution in [3.8, 4) is 17.4 Å². The molecule has 7 nitrogen and oxygen atoms in total. The fourth-order valence-electron chi connectivity index (χ4n) is 1.38. The molecule has 1 heterocycles. The van der Waals surface area contributed by atoms with E-state index in [0.29, 0.717) is 17.3 Å². The Bertz CT molecular complexity index is 547. The number of nitrogen functional groups attached to an aromatic ring is 2. The molecule has 7 heteroatoms. The van der Waals surface area contributed by atoms with Crippen molar-refractivity contribution in [1.29, 1.82) is 0 Å². The van der Waals surface area contributed by atoms with Crippen LogP contribution in [0, 0.1) is 0 Å². The average Bonchev–Trinajstić information content (AvgIpc) is 2.42. The van der Waals surface area contributed by atoms with Gasteiger partial charge >= 0.3 is 0 Å². The molecule has 0 amide bonds. The van der Waals surface area contributed by atoms with Crippen LogP contribution < -0.4 is 26.5 Å². The van der Waals surface area contributed by atoms with Crippen molar-refractivity contribution < 1.29 is 9.47 Å². The molecule has 0 spiro atoms. The van der Waals surface area contributed by atoms with Crippen LogP contribution in [0.15, 0.2) is 30.6 Å². The number of hydrogen-bond acceptors (Lipinski definition) is 7. The number of hydrogen-bond donors (Lipinski definition) is 3. The number of para-hydroxylation sites is 2. The number of rotatable bonds is 4. The topological polar surface area (TPSA) is 108 Å². The molecule has 5 N–H and O–H groups in total. The van der Waals surface area contributed by atoms with E-state index in [1.807, 2.05) is 12.1 Å². The van der Waals surface area contributed by atoms with Gasteiger partial charge in [0.1, 0.15) is 12.0 Å². The normalized spacial score (nSPS) is 9.89. The van der Waals surface area contributed by atoms with Crippen molar-refractivity contribution in [2.45, 2.75) is 0 Å². The lowest BCUT2D eigenvalue weighted by Gasteiger charge is -2.11. The van der Waals surface area contributed by atoms with Gasteiger partial charge in [-0.25, -0.2) is 10.8 Å². The van der Waals surface area contributed by atoms with Crippen molar-refractivity contribution in [1.82, 2.24) is 9.97 Å². The number of anilines is 2. The monoisotopic (exact) mass is 247 g/mol. The molecule has 2 aromatic rings. The molecule has 1 aromatic carbocycles. The zero-order valence-electron chi connectivity index (χ0n) is 9.75. The molecular weight excluding hydrogens is 234 g/mol. The fraction of sp³-hybridized carbons (Fsp3) is 0.0909. The van der Waals surface area contributed by atoms with Crippen LogP contribution >= 0.6 is 0 Å². The lowest BCUT2D eigenvalue weighted by molar-refractivity contribution is 0.374. The van der Waals surface area contributed by atoms with Crippen LogP contribution in [-0.4, -0.2) is 17.1 Å². The van der Waals surface area contributed by atoms with Crippen LogP contribution in [0.25, 0.3) is 0 Å². The van der Waals surface area contributed by atoms with Crippen molar-refractivity contribution in [3.63, 3.8) is 0 Å². The van der Waals surface area contributed by atoms with Crippen LogP contribution in [0.5, 0.6) is 17.4 Å². The summed E-state index contributed by atoms with van der Waals surface area (Å²) in [5.74, 6) is 6.87. The van der Waals surface area contributed by atoms with Gasteiger partial charge in [0.05, 0.1) is 7.11 Å². The molecule has 0 saturated heterocycles. The zero-order chi connectivity index (χ0) is 13.0. The number of nitrogens with zero attached hydrogens (tertiary/aromatic N) is 2. The van der Waals surface area contributed by atoms with Gasteiger partial charge in [-0.05, 0) is 12.1 Å². The molecule has 2 rings (SSSR count). The summed E-state index contributed by atoms with van der Waals surface area (Å²) in [6, 6.07) is 7.17. The number of hydrazine groups is 1. The molecule has 0 fully saturated rings. The Morgan fingerprint density at radius 3 is 2.56 bits per heavy atom. The smallest absolute Gasteiger partial charge is 0.248 e. The van der Waals surface area contributed by atoms with Gasteiger partial charge in [0, 0.05) is 0 Å². The van der Waals surface area contributed by atoms with Crippen LogP contribution in [0.1, 0.15) is 0 Å². The number of aromatic nitrogens is 2. The molecule has 0 aliphatic rings. The minimum absolute atomic E-state index is 0.211. The second-order valence-electron chi connectivity index (χ2n) is 3.34. The maximum Gasteiger partial charge on any atom is 0.248 e. The summed E-state index contributed by atoms with van der Waals surface area (Å²) in [5, 5.41) is 0. The van der Waals surface area contributed by atoms with Gasteiger partial charge in [-0.3, -0.25) is 0 Å². The number of nitrogens with two attached hydrogens (primary N) is 2. The van der Waals surface area contributed by atoms with Crippen molar-refractivity contribution >= 4 is 11.5 Å². The molecule has 0 radical (unpaired) electrons. The van der Waals surface area contributed by atoms with Gasteiger partial charge in [-0.15, -0.1) is 0 Å². The largest absolute Gasteiger partial charge is 0.493 e. The molecule has 0 unspecified atom stereocenters. The Hall–Kier alpha value is -2.54. The lowest BCUT2D eigenvalue weighted by atomic mass is 10.3. The van der Waals surface area contributed by atoms with Crippen molar-refractivity contribution in [3.05, 3.63) is 30.6 Å². The number of nitrogens with one attached hydrogen (secondary N) is 1. The summed E-state index contributed by atoms with van der Waals surface area (Å²) < 4.78 is 10.7. The Kier molecular flexibility index (Phi) is 3.44. The molecule has 0 bridgehead atoms. The fourth-order valence-corrected chi connectivity index (χ4v) is 1.38. The first-order valence-electron chi connectivity index (χ1n) is 5.14. The Labute approximate surface area is 104 Å². The Morgan fingerprint density at radius 2 is 1.89 bits per heavy atom. The van der Waals surface area contributed by atoms with E-state index in [4.69, 9.17) is 21.1 Å². The zero-order valence-corrected chi connectivity index (χ0v) is 9.75. The third kappa shape index (κ3) is 2.25. The summed E-state index contributed by atoms with van der Waals surface area (Å²) in [6.07, 6.45) is 1.30. The van der Waals surface area contributed by atoms with E-state index in [2.05, 4.69) is 15.4 Å². The van der Waals surface area contributed by atoms with Crippen LogP contribution in [0.2, 0.25) is 0 Å². The molecule has 0 atom stereocenters. The molecular formula is C11H13N5O2. The summed E-state index contributed by atoms with van der Waals surface area (Å²) in [5.41, 5.74) is 8.39. The van der Waals surface area contributed by atoms with Crippen LogP contribution in [0.4, 0.5) is 11.5 Å². The molecule has 0 aliphatic heterocycles. The SMILES string of the molecule is COc1ccccc1Oc1ncnc(NN)c1N. The second-order valence-corrected chi connectivity index (χ2v) is 3.34. The minimum atomic E-state index is 0.211. The predicted molar refractivity (Wildman–Crippen MR) is 67.3 cm³/mol. The molecule has 18 heavy (non-hydrogen) atoms. The van der Waals surface area contributed by atoms with E-state index in [0.717, 1.165) is 0 Å². The van der Waals surface area contributed by atoms with Gasteiger partial charge in [0.15, 0.2) is 17.3 Å². The van der Waals surface area contributed by atoms with Crippen molar-refractivity contribution in [2.24, 2.45) is 5.84 Å². The van der Waals surface area contributed by atoms with E-state index in [1.54, 1.807) is 19.2 Å². The molecule has 0 aliphatic carbocycles. The first-order valence-corrected chi connectivity index (χ1v) is 5.14. The highest BCUT2D eigenvalue weighted by Gasteiger charge is 2.11. The van der Waals surface area contributed by atoms with Gasteiger partial charge in [0.25, 0.3) is 0 Å². The standard InChI is InChI=1S/C11H13N5O2/c1-17-7-4-2-3-5-8(7)18-11-9(12)10(16-13)14-6-15-11/h2-6H,12-13H2,1H3,(H,14,15,16). The number of benzene rings is 1. The second kappa shape index (κ2) is 5.19. The van der Waals surface area contributed by atoms with E-state index in [-0.39, 0.29) is 11.6 Å². The van der Waals surface area contributed by atoms with Crippen LogP contribution in [0.3, 0.4) is 0 Å². The first-order chi connectivity index (χ1) is 8.76. The predicted octanol–water partition coefficient (Wildman–Crippen LogP) is 1.15. The van der Waals surface area contributed by atoms with Gasteiger partial charge in [-0.2, -0.15) is 4.98 Å². The maximum absolute atomic E-state index is 5.80. The lowest BCUT2D eigenvalue weighted by Crippen LogP contribution is -2.12. The highest BCUT2D eigenvalue weighted by atomic mass is 16.5. The quantitative estimate of drug-likeness (QED) is 0.549. The van der Waals surface area contributed by atoms with E-state index in [9.17, 15) is 0 Å². The summed E-state index contributed by atoms with van der Waals surface area (Å²) in [6.45, 7) is 0. The van der Waals surface area contributed by atoms with Crippen LogP contribution in [-0.2, 0) is 0 Å². The van der Waals surface area contributed by atoms with Gasteiger partial charge in [-0.1, -0.05) is 12.1 Å². The van der Waals surface area contributed by atoms with Gasteiger partial charge in [0.2, 0.25) is 5.88 Å². The first kappa shape index (κ1) is 11.9. The Balaban J connectivity index is 2.34. The highest BCUT2D eigenvalue weighted by Crippen LogP contribution is 2.33. The average molecular weight is 247 g/mol. The van der Waals surface area contributed by atoms with E-state index in [1.165, 1.54) is 6.33 Å².